The number of benzene rings is 1. The zero-order valence-corrected chi connectivity index (χ0v) is 10.8. The van der Waals surface area contributed by atoms with Crippen LogP contribution in [0.1, 0.15) is 6.92 Å². The van der Waals surface area contributed by atoms with Gasteiger partial charge in [0.05, 0.1) is 5.69 Å². The first-order chi connectivity index (χ1) is 8.84. The van der Waals surface area contributed by atoms with E-state index in [2.05, 4.69) is 64.0 Å². The number of hydrazine groups is 1. The zero-order chi connectivity index (χ0) is 12.4. The van der Waals surface area contributed by atoms with Gasteiger partial charge in [-0.25, -0.2) is 5.43 Å². The number of rotatable bonds is 2. The highest BCUT2D eigenvalue weighted by Gasteiger charge is 2.26. The summed E-state index contributed by atoms with van der Waals surface area (Å²) < 4.78 is 0. The Balaban J connectivity index is 1.84. The third-order valence-electron chi connectivity index (χ3n) is 3.42. The van der Waals surface area contributed by atoms with Gasteiger partial charge in [-0.3, -0.25) is 5.01 Å². The van der Waals surface area contributed by atoms with E-state index in [1.54, 1.807) is 0 Å². The minimum Gasteiger partial charge on any atom is -0.355 e. The molecule has 1 atom stereocenters. The fraction of sp³-hybridized carbons (Fsp3) is 0.429. The van der Waals surface area contributed by atoms with Crippen LogP contribution in [0.5, 0.6) is 0 Å². The molecular formula is C14H20N4. The average molecular weight is 244 g/mol. The van der Waals surface area contributed by atoms with Crippen molar-refractivity contribution >= 4 is 5.69 Å². The summed E-state index contributed by atoms with van der Waals surface area (Å²) in [5.74, 6) is 1.29. The molecule has 1 aromatic carbocycles. The van der Waals surface area contributed by atoms with E-state index in [1.165, 1.54) is 11.5 Å². The van der Waals surface area contributed by atoms with E-state index in [1.807, 2.05) is 0 Å². The van der Waals surface area contributed by atoms with Crippen LogP contribution in [0.15, 0.2) is 42.2 Å². The smallest absolute Gasteiger partial charge is 0.121 e. The Labute approximate surface area is 108 Å². The molecule has 0 amide bonds. The lowest BCUT2D eigenvalue weighted by Gasteiger charge is -2.35. The molecule has 2 aliphatic heterocycles. The van der Waals surface area contributed by atoms with Gasteiger partial charge < -0.3 is 10.2 Å². The van der Waals surface area contributed by atoms with Crippen molar-refractivity contribution in [2.45, 2.75) is 13.0 Å². The summed E-state index contributed by atoms with van der Waals surface area (Å²) in [7, 11) is 0. The summed E-state index contributed by atoms with van der Waals surface area (Å²) in [4.78, 5) is 2.44. The van der Waals surface area contributed by atoms with Gasteiger partial charge in [0, 0.05) is 32.2 Å². The molecule has 0 aromatic heterocycles. The average Bonchev–Trinajstić information content (AvgIpc) is 2.83. The van der Waals surface area contributed by atoms with Gasteiger partial charge in [-0.05, 0) is 25.1 Å². The molecule has 18 heavy (non-hydrogen) atoms. The molecule has 0 spiro atoms. The molecule has 0 radical (unpaired) electrons. The van der Waals surface area contributed by atoms with Crippen LogP contribution in [-0.2, 0) is 0 Å². The summed E-state index contributed by atoms with van der Waals surface area (Å²) in [6.45, 7) is 6.46. The van der Waals surface area contributed by atoms with E-state index in [0.29, 0.717) is 6.04 Å². The van der Waals surface area contributed by atoms with Gasteiger partial charge in [0.2, 0.25) is 0 Å². The number of hydrogen-bond acceptors (Lipinski definition) is 4. The minimum absolute atomic E-state index is 0.384. The third kappa shape index (κ3) is 2.21. The number of hydrogen-bond donors (Lipinski definition) is 2. The SMILES string of the molecule is CC1C=C(N2CCNCC2)N(c2ccccc2)N1. The molecule has 96 valence electrons. The molecule has 1 fully saturated rings. The molecule has 4 heteroatoms. The second-order valence-electron chi connectivity index (χ2n) is 4.85. The van der Waals surface area contributed by atoms with Gasteiger partial charge in [-0.2, -0.15) is 0 Å². The van der Waals surface area contributed by atoms with Crippen molar-refractivity contribution in [3.05, 3.63) is 42.2 Å². The van der Waals surface area contributed by atoms with Crippen LogP contribution in [0.3, 0.4) is 0 Å². The van der Waals surface area contributed by atoms with Crippen molar-refractivity contribution in [3.63, 3.8) is 0 Å². The maximum Gasteiger partial charge on any atom is 0.121 e. The molecule has 2 heterocycles. The van der Waals surface area contributed by atoms with E-state index in [9.17, 15) is 0 Å². The Morgan fingerprint density at radius 1 is 1.11 bits per heavy atom. The maximum atomic E-state index is 3.50. The van der Waals surface area contributed by atoms with Crippen molar-refractivity contribution in [3.8, 4) is 0 Å². The van der Waals surface area contributed by atoms with Crippen LogP contribution in [0.2, 0.25) is 0 Å². The lowest BCUT2D eigenvalue weighted by molar-refractivity contribution is 0.291. The summed E-state index contributed by atoms with van der Waals surface area (Å²) in [5.41, 5.74) is 4.70. The summed E-state index contributed by atoms with van der Waals surface area (Å²) in [6.07, 6.45) is 2.30. The maximum absolute atomic E-state index is 3.50. The zero-order valence-electron chi connectivity index (χ0n) is 10.8. The van der Waals surface area contributed by atoms with Crippen molar-refractivity contribution in [1.82, 2.24) is 15.6 Å². The Hall–Kier alpha value is -1.52. The molecule has 1 aromatic rings. The highest BCUT2D eigenvalue weighted by Crippen LogP contribution is 2.24. The number of nitrogens with one attached hydrogen (secondary N) is 2. The fourth-order valence-electron chi connectivity index (χ4n) is 2.53. The first-order valence-electron chi connectivity index (χ1n) is 6.63. The van der Waals surface area contributed by atoms with Crippen LogP contribution in [-0.4, -0.2) is 37.1 Å². The number of para-hydroxylation sites is 1. The van der Waals surface area contributed by atoms with Gasteiger partial charge in [0.25, 0.3) is 0 Å². The summed E-state index contributed by atoms with van der Waals surface area (Å²) in [6, 6.07) is 10.9. The van der Waals surface area contributed by atoms with Crippen LogP contribution in [0.4, 0.5) is 5.69 Å². The predicted octanol–water partition coefficient (Wildman–Crippen LogP) is 1.15. The van der Waals surface area contributed by atoms with Crippen molar-refractivity contribution in [2.24, 2.45) is 0 Å². The second kappa shape index (κ2) is 5.00. The van der Waals surface area contributed by atoms with Crippen molar-refractivity contribution < 1.29 is 0 Å². The number of piperazine rings is 1. The topological polar surface area (TPSA) is 30.5 Å². The third-order valence-corrected chi connectivity index (χ3v) is 3.42. The normalized spacial score (nSPS) is 24.3. The Morgan fingerprint density at radius 3 is 2.56 bits per heavy atom. The van der Waals surface area contributed by atoms with Gasteiger partial charge >= 0.3 is 0 Å². The predicted molar refractivity (Wildman–Crippen MR) is 74.0 cm³/mol. The highest BCUT2D eigenvalue weighted by atomic mass is 15.6. The van der Waals surface area contributed by atoms with E-state index >= 15 is 0 Å². The molecule has 4 nitrogen and oxygen atoms in total. The largest absolute Gasteiger partial charge is 0.355 e. The second-order valence-corrected chi connectivity index (χ2v) is 4.85. The van der Waals surface area contributed by atoms with E-state index in [4.69, 9.17) is 0 Å². The van der Waals surface area contributed by atoms with Crippen LogP contribution in [0, 0.1) is 0 Å². The molecule has 2 N–H and O–H groups in total. The Kier molecular flexibility index (Phi) is 3.21. The molecular weight excluding hydrogens is 224 g/mol. The molecule has 0 aliphatic carbocycles. The lowest BCUT2D eigenvalue weighted by atomic mass is 10.3. The van der Waals surface area contributed by atoms with E-state index < -0.39 is 0 Å². The summed E-state index contributed by atoms with van der Waals surface area (Å²) >= 11 is 0. The standard InChI is InChI=1S/C14H20N4/c1-12-11-14(17-9-7-15-8-10-17)18(16-12)13-5-3-2-4-6-13/h2-6,11-12,15-16H,7-10H2,1H3. The molecule has 3 rings (SSSR count). The number of nitrogens with zero attached hydrogens (tertiary/aromatic N) is 2. The Morgan fingerprint density at radius 2 is 1.83 bits per heavy atom. The molecule has 2 aliphatic rings. The van der Waals surface area contributed by atoms with Gasteiger partial charge in [-0.1, -0.05) is 18.2 Å². The van der Waals surface area contributed by atoms with Gasteiger partial charge in [0.15, 0.2) is 0 Å². The quantitative estimate of drug-likeness (QED) is 0.817. The lowest BCUT2D eigenvalue weighted by Crippen LogP contribution is -2.48. The van der Waals surface area contributed by atoms with Crippen LogP contribution in [0.25, 0.3) is 0 Å². The van der Waals surface area contributed by atoms with Crippen LogP contribution < -0.4 is 15.8 Å². The Bertz CT molecular complexity index is 423. The van der Waals surface area contributed by atoms with Crippen molar-refractivity contribution in [1.29, 1.82) is 0 Å². The first-order valence-corrected chi connectivity index (χ1v) is 6.63. The molecule has 1 saturated heterocycles. The number of anilines is 1. The first kappa shape index (κ1) is 11.6. The van der Waals surface area contributed by atoms with Gasteiger partial charge in [0.1, 0.15) is 5.82 Å². The van der Waals surface area contributed by atoms with E-state index in [0.717, 1.165) is 26.2 Å². The van der Waals surface area contributed by atoms with Crippen molar-refractivity contribution in [2.75, 3.05) is 31.2 Å². The van der Waals surface area contributed by atoms with Crippen LogP contribution >= 0.6 is 0 Å². The monoisotopic (exact) mass is 244 g/mol. The van der Waals surface area contributed by atoms with Gasteiger partial charge in [-0.15, -0.1) is 0 Å². The molecule has 0 saturated carbocycles. The molecule has 1 unspecified atom stereocenters. The minimum atomic E-state index is 0.384. The van der Waals surface area contributed by atoms with E-state index in [-0.39, 0.29) is 0 Å². The summed E-state index contributed by atoms with van der Waals surface area (Å²) in [5, 5.41) is 5.60. The molecule has 0 bridgehead atoms. The fourth-order valence-corrected chi connectivity index (χ4v) is 2.53. The highest BCUT2D eigenvalue weighted by molar-refractivity contribution is 5.52.